The number of halogens is 2. The van der Waals surface area contributed by atoms with Gasteiger partial charge < -0.3 is 10.1 Å². The second-order valence-corrected chi connectivity index (χ2v) is 5.22. The molecule has 2 rings (SSSR count). The van der Waals surface area contributed by atoms with Gasteiger partial charge in [0.05, 0.1) is 5.02 Å². The van der Waals surface area contributed by atoms with Crippen LogP contribution in [0.3, 0.4) is 0 Å². The lowest BCUT2D eigenvalue weighted by molar-refractivity contribution is 0.195. The predicted octanol–water partition coefficient (Wildman–Crippen LogP) is 2.54. The molecule has 5 heteroatoms. The van der Waals surface area contributed by atoms with Gasteiger partial charge in [0.1, 0.15) is 18.2 Å². The van der Waals surface area contributed by atoms with Crippen molar-refractivity contribution in [3.05, 3.63) is 29.0 Å². The van der Waals surface area contributed by atoms with Crippen LogP contribution in [-0.2, 0) is 0 Å². The van der Waals surface area contributed by atoms with Gasteiger partial charge in [-0.05, 0) is 44.6 Å². The molecule has 1 aromatic carbocycles. The maximum Gasteiger partial charge on any atom is 0.138 e. The van der Waals surface area contributed by atoms with Gasteiger partial charge in [0.2, 0.25) is 0 Å². The van der Waals surface area contributed by atoms with E-state index in [-0.39, 0.29) is 5.82 Å². The van der Waals surface area contributed by atoms with Crippen molar-refractivity contribution in [3.63, 3.8) is 0 Å². The molecule has 0 saturated carbocycles. The summed E-state index contributed by atoms with van der Waals surface area (Å²) >= 11 is 5.91. The third-order valence-electron chi connectivity index (χ3n) is 3.47. The molecule has 3 nitrogen and oxygen atoms in total. The monoisotopic (exact) mass is 286 g/mol. The van der Waals surface area contributed by atoms with Gasteiger partial charge in [0.25, 0.3) is 0 Å². The lowest BCUT2D eigenvalue weighted by atomic mass is 10.2. The van der Waals surface area contributed by atoms with Gasteiger partial charge in [0.15, 0.2) is 0 Å². The fourth-order valence-corrected chi connectivity index (χ4v) is 2.74. The summed E-state index contributed by atoms with van der Waals surface area (Å²) in [5.41, 5.74) is 0. The largest absolute Gasteiger partial charge is 0.491 e. The van der Waals surface area contributed by atoms with E-state index in [1.54, 1.807) is 6.07 Å². The smallest absolute Gasteiger partial charge is 0.138 e. The second kappa shape index (κ2) is 7.08. The summed E-state index contributed by atoms with van der Waals surface area (Å²) in [4.78, 5) is 2.42. The Labute approximate surface area is 118 Å². The van der Waals surface area contributed by atoms with Crippen LogP contribution in [0.2, 0.25) is 5.02 Å². The Morgan fingerprint density at radius 3 is 3.11 bits per heavy atom. The van der Waals surface area contributed by atoms with Crippen molar-refractivity contribution in [1.82, 2.24) is 10.2 Å². The van der Waals surface area contributed by atoms with Crippen LogP contribution in [0.4, 0.5) is 4.39 Å². The summed E-state index contributed by atoms with van der Waals surface area (Å²) in [7, 11) is 1.98. The van der Waals surface area contributed by atoms with Crippen LogP contribution in [0, 0.1) is 5.82 Å². The Bertz CT molecular complexity index is 416. The van der Waals surface area contributed by atoms with Crippen molar-refractivity contribution in [2.75, 3.05) is 33.3 Å². The number of nitrogens with zero attached hydrogens (tertiary/aromatic N) is 1. The molecule has 1 aromatic rings. The van der Waals surface area contributed by atoms with Crippen LogP contribution in [-0.4, -0.2) is 44.2 Å². The zero-order chi connectivity index (χ0) is 13.7. The van der Waals surface area contributed by atoms with Crippen molar-refractivity contribution in [1.29, 1.82) is 0 Å². The van der Waals surface area contributed by atoms with Gasteiger partial charge in [-0.3, -0.25) is 4.90 Å². The van der Waals surface area contributed by atoms with E-state index in [2.05, 4.69) is 10.2 Å². The van der Waals surface area contributed by atoms with Gasteiger partial charge >= 0.3 is 0 Å². The first-order chi connectivity index (χ1) is 9.20. The maximum atomic E-state index is 12.9. The van der Waals surface area contributed by atoms with Gasteiger partial charge in [-0.25, -0.2) is 4.39 Å². The molecule has 19 heavy (non-hydrogen) atoms. The Kier molecular flexibility index (Phi) is 5.43. The van der Waals surface area contributed by atoms with Crippen LogP contribution >= 0.6 is 11.6 Å². The van der Waals surface area contributed by atoms with Gasteiger partial charge in [-0.15, -0.1) is 0 Å². The third-order valence-corrected chi connectivity index (χ3v) is 3.76. The topological polar surface area (TPSA) is 24.5 Å². The summed E-state index contributed by atoms with van der Waals surface area (Å²) in [6.07, 6.45) is 2.47. The van der Waals surface area contributed by atoms with Crippen molar-refractivity contribution in [2.45, 2.75) is 18.9 Å². The Morgan fingerprint density at radius 1 is 1.53 bits per heavy atom. The average molecular weight is 287 g/mol. The minimum Gasteiger partial charge on any atom is -0.491 e. The molecule has 0 amide bonds. The van der Waals surface area contributed by atoms with Crippen LogP contribution in [0.25, 0.3) is 0 Å². The normalized spacial score (nSPS) is 19.8. The molecule has 1 atom stereocenters. The van der Waals surface area contributed by atoms with E-state index >= 15 is 0 Å². The zero-order valence-corrected chi connectivity index (χ0v) is 11.9. The minimum absolute atomic E-state index is 0.327. The number of likely N-dealkylation sites (tertiary alicyclic amines) is 1. The molecule has 0 aliphatic carbocycles. The molecule has 1 heterocycles. The number of benzene rings is 1. The quantitative estimate of drug-likeness (QED) is 0.870. The van der Waals surface area contributed by atoms with E-state index in [0.717, 1.165) is 19.6 Å². The molecule has 1 fully saturated rings. The van der Waals surface area contributed by atoms with E-state index in [4.69, 9.17) is 16.3 Å². The summed E-state index contributed by atoms with van der Waals surface area (Å²) in [6.45, 7) is 3.58. The number of likely N-dealkylation sites (N-methyl/N-ethyl adjacent to an activating group) is 1. The molecule has 1 aliphatic heterocycles. The Hall–Kier alpha value is -0.840. The summed E-state index contributed by atoms with van der Waals surface area (Å²) < 4.78 is 18.5. The van der Waals surface area contributed by atoms with Crippen LogP contribution < -0.4 is 10.1 Å². The van der Waals surface area contributed by atoms with E-state index in [0.29, 0.717) is 23.4 Å². The van der Waals surface area contributed by atoms with Gasteiger partial charge in [0, 0.05) is 19.1 Å². The summed E-state index contributed by atoms with van der Waals surface area (Å²) in [5, 5.41) is 3.54. The third kappa shape index (κ3) is 4.06. The average Bonchev–Trinajstić information content (AvgIpc) is 2.80. The van der Waals surface area contributed by atoms with Crippen molar-refractivity contribution in [2.24, 2.45) is 0 Å². The SMILES string of the molecule is CNCC1CCCN1CCOc1ccc(F)cc1Cl. The fourth-order valence-electron chi connectivity index (χ4n) is 2.52. The molecule has 1 N–H and O–H groups in total. The molecular formula is C14H20ClFN2O. The summed E-state index contributed by atoms with van der Waals surface area (Å²) in [6, 6.07) is 4.81. The van der Waals surface area contributed by atoms with Crippen LogP contribution in [0.5, 0.6) is 5.75 Å². The number of hydrogen-bond donors (Lipinski definition) is 1. The highest BCUT2D eigenvalue weighted by molar-refractivity contribution is 6.32. The molecule has 0 radical (unpaired) electrons. The van der Waals surface area contributed by atoms with Gasteiger partial charge in [-0.1, -0.05) is 11.6 Å². The first-order valence-electron chi connectivity index (χ1n) is 6.67. The summed E-state index contributed by atoms with van der Waals surface area (Å²) in [5.74, 6) is 0.207. The number of ether oxygens (including phenoxy) is 1. The molecule has 0 aromatic heterocycles. The lowest BCUT2D eigenvalue weighted by Crippen LogP contribution is -2.39. The highest BCUT2D eigenvalue weighted by atomic mass is 35.5. The first kappa shape index (κ1) is 14.6. The number of nitrogens with one attached hydrogen (secondary N) is 1. The standard InChI is InChI=1S/C14H20ClFN2O/c1-17-10-12-3-2-6-18(12)7-8-19-14-5-4-11(16)9-13(14)15/h4-5,9,12,17H,2-3,6-8,10H2,1H3. The first-order valence-corrected chi connectivity index (χ1v) is 7.05. The number of rotatable bonds is 6. The number of hydrogen-bond acceptors (Lipinski definition) is 3. The van der Waals surface area contributed by atoms with Crippen molar-refractivity contribution >= 4 is 11.6 Å². The predicted molar refractivity (Wildman–Crippen MR) is 75.4 cm³/mol. The zero-order valence-electron chi connectivity index (χ0n) is 11.2. The highest BCUT2D eigenvalue weighted by Crippen LogP contribution is 2.25. The molecule has 0 spiro atoms. The van der Waals surface area contributed by atoms with Crippen LogP contribution in [0.15, 0.2) is 18.2 Å². The molecule has 1 aliphatic rings. The van der Waals surface area contributed by atoms with E-state index in [1.807, 2.05) is 7.05 Å². The Balaban J connectivity index is 1.79. The van der Waals surface area contributed by atoms with Gasteiger partial charge in [-0.2, -0.15) is 0 Å². The second-order valence-electron chi connectivity index (χ2n) is 4.81. The maximum absolute atomic E-state index is 12.9. The fraction of sp³-hybridized carbons (Fsp3) is 0.571. The van der Waals surface area contributed by atoms with E-state index in [1.165, 1.54) is 25.0 Å². The minimum atomic E-state index is -0.342. The highest BCUT2D eigenvalue weighted by Gasteiger charge is 2.23. The van der Waals surface area contributed by atoms with Crippen molar-refractivity contribution < 1.29 is 9.13 Å². The van der Waals surface area contributed by atoms with Crippen molar-refractivity contribution in [3.8, 4) is 5.75 Å². The van der Waals surface area contributed by atoms with Crippen LogP contribution in [0.1, 0.15) is 12.8 Å². The molecule has 1 unspecified atom stereocenters. The molecule has 106 valence electrons. The Morgan fingerprint density at radius 2 is 2.37 bits per heavy atom. The lowest BCUT2D eigenvalue weighted by Gasteiger charge is -2.24. The van der Waals surface area contributed by atoms with E-state index < -0.39 is 0 Å². The molecule has 0 bridgehead atoms. The van der Waals surface area contributed by atoms with E-state index in [9.17, 15) is 4.39 Å². The molecular weight excluding hydrogens is 267 g/mol. The molecule has 1 saturated heterocycles.